The molecule has 35 heavy (non-hydrogen) atoms. The summed E-state index contributed by atoms with van der Waals surface area (Å²) in [6.07, 6.45) is -3.56. The second-order valence-corrected chi connectivity index (χ2v) is 11.9. The van der Waals surface area contributed by atoms with Gasteiger partial charge in [-0.2, -0.15) is 4.39 Å². The number of aliphatic hydroxyl groups is 3. The summed E-state index contributed by atoms with van der Waals surface area (Å²) in [7, 11) is -4.49. The molecule has 0 saturated carbocycles. The summed E-state index contributed by atoms with van der Waals surface area (Å²) in [5.74, 6) is -1.01. The van der Waals surface area contributed by atoms with Crippen LogP contribution in [0, 0.1) is 17.4 Å². The van der Waals surface area contributed by atoms with Crippen LogP contribution >= 0.6 is 19.8 Å². The molecule has 2 aromatic heterocycles. The molecule has 1 aliphatic heterocycles. The molecule has 14 heteroatoms. The van der Waals surface area contributed by atoms with Crippen molar-refractivity contribution < 1.29 is 38.4 Å². The van der Waals surface area contributed by atoms with Crippen LogP contribution in [-0.2, 0) is 13.8 Å². The molecule has 0 aromatic carbocycles. The fraction of sp³-hybridized carbons (Fsp3) is 0.667. The van der Waals surface area contributed by atoms with Crippen LogP contribution in [0.5, 0.6) is 0 Å². The Morgan fingerprint density at radius 3 is 2.51 bits per heavy atom. The highest BCUT2D eigenvalue weighted by molar-refractivity contribution is 7.71. The van der Waals surface area contributed by atoms with E-state index in [0.717, 1.165) is 0 Å². The summed E-state index contributed by atoms with van der Waals surface area (Å²) in [6.45, 7) is 7.38. The standard InChI is InChI=1S/C21H31FN3O8PS/c1-6-20(4,33-34(30,31)21(5,29)7-2)8-12-14(26)15(27)16(32-12)11-9-25-10(3)13(22)17(28)23-19(25)24-18(11)35/h9,12,14-16,26-27,29H,6-8H2,1-5H3,(H,30,31)(H,23,24,28,35). The summed E-state index contributed by atoms with van der Waals surface area (Å²) in [5.41, 5.74) is -2.10. The number of ether oxygens (including phenoxy) is 1. The summed E-state index contributed by atoms with van der Waals surface area (Å²) in [4.78, 5) is 28.5. The molecular weight excluding hydrogens is 504 g/mol. The molecule has 5 N–H and O–H groups in total. The Bertz CT molecular complexity index is 1280. The third kappa shape index (κ3) is 5.14. The van der Waals surface area contributed by atoms with Crippen LogP contribution in [-0.4, -0.2) is 63.8 Å². The van der Waals surface area contributed by atoms with Crippen molar-refractivity contribution in [3.05, 3.63) is 38.3 Å². The van der Waals surface area contributed by atoms with Gasteiger partial charge in [-0.3, -0.25) is 18.7 Å². The van der Waals surface area contributed by atoms with Crippen molar-refractivity contribution in [1.82, 2.24) is 14.4 Å². The van der Waals surface area contributed by atoms with Gasteiger partial charge in [0, 0.05) is 18.2 Å². The minimum Gasteiger partial charge on any atom is -0.388 e. The van der Waals surface area contributed by atoms with Crippen molar-refractivity contribution in [2.24, 2.45) is 0 Å². The normalized spacial score (nSPS) is 27.9. The molecule has 2 aromatic rings. The number of H-pyrrole nitrogens is 1. The van der Waals surface area contributed by atoms with Crippen LogP contribution in [0.15, 0.2) is 11.0 Å². The van der Waals surface area contributed by atoms with Crippen molar-refractivity contribution in [3.8, 4) is 0 Å². The lowest BCUT2D eigenvalue weighted by atomic mass is 9.92. The number of aromatic nitrogens is 3. The van der Waals surface area contributed by atoms with Crippen LogP contribution in [0.3, 0.4) is 0 Å². The maximum atomic E-state index is 14.1. The van der Waals surface area contributed by atoms with Gasteiger partial charge in [0.2, 0.25) is 11.6 Å². The van der Waals surface area contributed by atoms with Crippen molar-refractivity contribution in [2.75, 3.05) is 0 Å². The van der Waals surface area contributed by atoms with Gasteiger partial charge in [-0.25, -0.2) is 4.98 Å². The van der Waals surface area contributed by atoms with Crippen LogP contribution in [0.4, 0.5) is 4.39 Å². The van der Waals surface area contributed by atoms with Gasteiger partial charge >= 0.3 is 7.60 Å². The first-order valence-corrected chi connectivity index (χ1v) is 13.2. The van der Waals surface area contributed by atoms with Gasteiger partial charge in [0.1, 0.15) is 23.0 Å². The van der Waals surface area contributed by atoms with E-state index < -0.39 is 54.3 Å². The smallest absolute Gasteiger partial charge is 0.359 e. The molecular formula is C21H31FN3O8PS. The SMILES string of the molecule is CCC(C)(CC1OC(c2cn3c(C)c(F)c(=O)[nH]c3nc2=S)C(O)C1O)OP(=O)(O)C(C)(O)CC. The average molecular weight is 536 g/mol. The van der Waals surface area contributed by atoms with Crippen molar-refractivity contribution in [2.45, 2.75) is 89.2 Å². The van der Waals surface area contributed by atoms with E-state index in [1.54, 1.807) is 20.8 Å². The van der Waals surface area contributed by atoms with Crippen LogP contribution in [0.25, 0.3) is 5.78 Å². The molecule has 0 aliphatic carbocycles. The predicted molar refractivity (Wildman–Crippen MR) is 126 cm³/mol. The van der Waals surface area contributed by atoms with Gasteiger partial charge in [-0.1, -0.05) is 26.1 Å². The van der Waals surface area contributed by atoms with Crippen LogP contribution in [0.1, 0.15) is 64.3 Å². The zero-order valence-electron chi connectivity index (χ0n) is 20.1. The maximum Gasteiger partial charge on any atom is 0.359 e. The van der Waals surface area contributed by atoms with E-state index in [9.17, 15) is 34.0 Å². The van der Waals surface area contributed by atoms with Gasteiger partial charge in [0.05, 0.1) is 17.4 Å². The monoisotopic (exact) mass is 535 g/mol. The second kappa shape index (κ2) is 9.71. The lowest BCUT2D eigenvalue weighted by Crippen LogP contribution is -2.40. The molecule has 0 bridgehead atoms. The zero-order valence-corrected chi connectivity index (χ0v) is 21.8. The van der Waals surface area contributed by atoms with E-state index >= 15 is 0 Å². The molecule has 0 radical (unpaired) electrons. The van der Waals surface area contributed by atoms with Crippen molar-refractivity contribution in [3.63, 3.8) is 0 Å². The summed E-state index contributed by atoms with van der Waals surface area (Å²) in [5, 5.41) is 29.8. The Hall–Kier alpha value is -1.57. The molecule has 11 nitrogen and oxygen atoms in total. The highest BCUT2D eigenvalue weighted by Crippen LogP contribution is 2.59. The lowest BCUT2D eigenvalue weighted by molar-refractivity contribution is -0.0532. The highest BCUT2D eigenvalue weighted by Gasteiger charge is 2.50. The molecule has 0 spiro atoms. The minimum atomic E-state index is -4.49. The van der Waals surface area contributed by atoms with Gasteiger partial charge in [0.15, 0.2) is 5.34 Å². The largest absolute Gasteiger partial charge is 0.388 e. The van der Waals surface area contributed by atoms with E-state index in [2.05, 4.69) is 9.97 Å². The van der Waals surface area contributed by atoms with Gasteiger partial charge in [-0.05, 0) is 33.6 Å². The number of rotatable bonds is 8. The Kier molecular flexibility index (Phi) is 7.77. The Labute approximate surface area is 206 Å². The first-order chi connectivity index (χ1) is 16.1. The third-order valence-electron chi connectivity index (χ3n) is 6.73. The number of halogens is 1. The van der Waals surface area contributed by atoms with Gasteiger partial charge in [-0.15, -0.1) is 0 Å². The average Bonchev–Trinajstić information content (AvgIpc) is 3.04. The van der Waals surface area contributed by atoms with E-state index in [1.807, 2.05) is 0 Å². The Morgan fingerprint density at radius 1 is 1.31 bits per heavy atom. The zero-order chi connectivity index (χ0) is 26.5. The summed E-state index contributed by atoms with van der Waals surface area (Å²) >= 11 is 5.29. The van der Waals surface area contributed by atoms with Crippen LogP contribution in [0.2, 0.25) is 0 Å². The first kappa shape index (κ1) is 28.0. The van der Waals surface area contributed by atoms with E-state index in [0.29, 0.717) is 0 Å². The number of fused-ring (bicyclic) bond motifs is 1. The number of nitrogens with zero attached hydrogens (tertiary/aromatic N) is 2. The first-order valence-electron chi connectivity index (χ1n) is 11.2. The molecule has 1 aliphatic rings. The van der Waals surface area contributed by atoms with Gasteiger partial charge < -0.3 is 29.5 Å². The molecule has 1 saturated heterocycles. The number of nitrogens with one attached hydrogen (secondary N) is 1. The summed E-state index contributed by atoms with van der Waals surface area (Å²) in [6, 6.07) is 0. The molecule has 7 atom stereocenters. The molecule has 7 unspecified atom stereocenters. The van der Waals surface area contributed by atoms with E-state index in [1.165, 1.54) is 24.4 Å². The topological polar surface area (TPSA) is 167 Å². The summed E-state index contributed by atoms with van der Waals surface area (Å²) < 4.78 is 39.5. The minimum absolute atomic E-state index is 0.000804. The van der Waals surface area contributed by atoms with Crippen molar-refractivity contribution >= 4 is 25.6 Å². The molecule has 3 heterocycles. The fourth-order valence-corrected chi connectivity index (χ4v) is 5.53. The third-order valence-corrected chi connectivity index (χ3v) is 9.28. The quantitative estimate of drug-likeness (QED) is 0.250. The highest BCUT2D eigenvalue weighted by atomic mass is 32.1. The number of aryl methyl sites for hydroxylation is 1. The molecule has 196 valence electrons. The number of aromatic amines is 1. The predicted octanol–water partition coefficient (Wildman–Crippen LogP) is 2.24. The fourth-order valence-electron chi connectivity index (χ4n) is 3.88. The van der Waals surface area contributed by atoms with Crippen molar-refractivity contribution in [1.29, 1.82) is 0 Å². The number of hydrogen-bond donors (Lipinski definition) is 5. The Morgan fingerprint density at radius 2 is 1.94 bits per heavy atom. The number of hydrogen-bond acceptors (Lipinski definition) is 9. The molecule has 0 amide bonds. The Balaban J connectivity index is 1.93. The molecule has 3 rings (SSSR count). The molecule has 1 fully saturated rings. The van der Waals surface area contributed by atoms with Crippen LogP contribution < -0.4 is 5.56 Å². The second-order valence-electron chi connectivity index (χ2n) is 9.31. The lowest BCUT2D eigenvalue weighted by Gasteiger charge is -2.37. The number of aliphatic hydroxyl groups excluding tert-OH is 2. The van der Waals surface area contributed by atoms with E-state index in [4.69, 9.17) is 21.5 Å². The van der Waals surface area contributed by atoms with E-state index in [-0.39, 0.29) is 40.9 Å². The maximum absolute atomic E-state index is 14.1. The van der Waals surface area contributed by atoms with Gasteiger partial charge in [0.25, 0.3) is 5.56 Å².